The van der Waals surface area contributed by atoms with Crippen LogP contribution in [-0.2, 0) is 4.79 Å². The Morgan fingerprint density at radius 2 is 2.12 bits per heavy atom. The van der Waals surface area contributed by atoms with E-state index in [4.69, 9.17) is 0 Å². The maximum absolute atomic E-state index is 10.7. The summed E-state index contributed by atoms with van der Waals surface area (Å²) < 4.78 is 0. The van der Waals surface area contributed by atoms with Crippen molar-refractivity contribution in [2.24, 2.45) is 23.2 Å². The fraction of sp³-hybridized carbons (Fsp3) is 0.929. The van der Waals surface area contributed by atoms with Crippen molar-refractivity contribution in [2.75, 3.05) is 0 Å². The summed E-state index contributed by atoms with van der Waals surface area (Å²) in [6.45, 7) is 7.04. The normalized spacial score (nSPS) is 47.4. The van der Waals surface area contributed by atoms with Crippen LogP contribution in [0, 0.1) is 23.2 Å². The van der Waals surface area contributed by atoms with E-state index in [1.165, 1.54) is 32.1 Å². The summed E-state index contributed by atoms with van der Waals surface area (Å²) in [5.41, 5.74) is 0.524. The van der Waals surface area contributed by atoms with Gasteiger partial charge in [0.25, 0.3) is 0 Å². The first kappa shape index (κ1) is 11.9. The van der Waals surface area contributed by atoms with Crippen LogP contribution in [0.4, 0.5) is 0 Å². The molecular formula is C14H25NO. The molecule has 16 heavy (non-hydrogen) atoms. The molecule has 1 amide bonds. The molecule has 2 aliphatic carbocycles. The van der Waals surface area contributed by atoms with Gasteiger partial charge in [0.05, 0.1) is 0 Å². The zero-order valence-electron chi connectivity index (χ0n) is 10.8. The van der Waals surface area contributed by atoms with E-state index in [1.54, 1.807) is 0 Å². The predicted octanol–water partition coefficient (Wildman–Crippen LogP) is 2.97. The van der Waals surface area contributed by atoms with Crippen LogP contribution in [0.1, 0.15) is 52.9 Å². The van der Waals surface area contributed by atoms with Gasteiger partial charge in [0, 0.05) is 6.04 Å². The van der Waals surface area contributed by atoms with Gasteiger partial charge in [-0.05, 0) is 48.9 Å². The number of amides is 1. The van der Waals surface area contributed by atoms with Gasteiger partial charge < -0.3 is 5.32 Å². The third-order valence-corrected chi connectivity index (χ3v) is 5.11. The number of rotatable bonds is 3. The first-order chi connectivity index (χ1) is 7.58. The number of hydrogen-bond donors (Lipinski definition) is 1. The zero-order valence-corrected chi connectivity index (χ0v) is 10.8. The third-order valence-electron chi connectivity index (χ3n) is 5.11. The van der Waals surface area contributed by atoms with Gasteiger partial charge in [0.2, 0.25) is 6.41 Å². The van der Waals surface area contributed by atoms with Crippen molar-refractivity contribution in [3.05, 3.63) is 0 Å². The molecule has 0 heterocycles. The van der Waals surface area contributed by atoms with Gasteiger partial charge in [0.1, 0.15) is 0 Å². The van der Waals surface area contributed by atoms with Crippen LogP contribution in [-0.4, -0.2) is 12.5 Å². The van der Waals surface area contributed by atoms with Crippen LogP contribution >= 0.6 is 0 Å². The van der Waals surface area contributed by atoms with Gasteiger partial charge >= 0.3 is 0 Å². The molecule has 5 unspecified atom stereocenters. The minimum atomic E-state index is 0.430. The Kier molecular flexibility index (Phi) is 3.27. The van der Waals surface area contributed by atoms with Crippen LogP contribution in [0.15, 0.2) is 0 Å². The molecule has 0 aromatic carbocycles. The van der Waals surface area contributed by atoms with Gasteiger partial charge in [-0.1, -0.05) is 27.2 Å². The van der Waals surface area contributed by atoms with Crippen molar-refractivity contribution >= 4 is 6.41 Å². The molecule has 0 radical (unpaired) electrons. The molecule has 2 heteroatoms. The average molecular weight is 223 g/mol. The molecule has 0 aromatic heterocycles. The monoisotopic (exact) mass is 223 g/mol. The number of carbonyl (C=O) groups is 1. The van der Waals surface area contributed by atoms with Crippen molar-refractivity contribution in [1.82, 2.24) is 5.32 Å². The Balaban J connectivity index is 2.12. The molecule has 5 atom stereocenters. The van der Waals surface area contributed by atoms with Gasteiger partial charge in [0.15, 0.2) is 0 Å². The van der Waals surface area contributed by atoms with Crippen molar-refractivity contribution in [2.45, 2.75) is 58.9 Å². The molecule has 92 valence electrons. The van der Waals surface area contributed by atoms with E-state index in [1.807, 2.05) is 0 Å². The number of hydrogen-bond acceptors (Lipinski definition) is 1. The number of carbonyl (C=O) groups excluding carboxylic acids is 1. The Bertz CT molecular complexity index is 263. The molecule has 2 bridgehead atoms. The van der Waals surface area contributed by atoms with Crippen LogP contribution in [0.2, 0.25) is 0 Å². The Morgan fingerprint density at radius 1 is 1.38 bits per heavy atom. The fourth-order valence-corrected chi connectivity index (χ4v) is 4.27. The highest BCUT2D eigenvalue weighted by Gasteiger charge is 2.44. The Labute approximate surface area is 99.2 Å². The molecule has 0 spiro atoms. The van der Waals surface area contributed by atoms with E-state index in [0.717, 1.165) is 18.2 Å². The van der Waals surface area contributed by atoms with Gasteiger partial charge in [-0.15, -0.1) is 0 Å². The predicted molar refractivity (Wildman–Crippen MR) is 66.0 cm³/mol. The number of fused-ring (bicyclic) bond motifs is 2. The maximum atomic E-state index is 10.7. The second kappa shape index (κ2) is 4.38. The highest BCUT2D eigenvalue weighted by Crippen LogP contribution is 2.51. The molecule has 2 fully saturated rings. The van der Waals surface area contributed by atoms with Crippen molar-refractivity contribution in [1.29, 1.82) is 0 Å². The average Bonchev–Trinajstić information content (AvgIpc) is 2.23. The lowest BCUT2D eigenvalue weighted by Gasteiger charge is -2.50. The van der Waals surface area contributed by atoms with Gasteiger partial charge in [-0.25, -0.2) is 0 Å². The van der Waals surface area contributed by atoms with Crippen molar-refractivity contribution in [3.8, 4) is 0 Å². The smallest absolute Gasteiger partial charge is 0.207 e. The summed E-state index contributed by atoms with van der Waals surface area (Å²) in [4.78, 5) is 10.7. The van der Waals surface area contributed by atoms with E-state index >= 15 is 0 Å². The summed E-state index contributed by atoms with van der Waals surface area (Å²) in [7, 11) is 0. The zero-order chi connectivity index (χ0) is 11.8. The third kappa shape index (κ3) is 2.11. The Morgan fingerprint density at radius 3 is 2.75 bits per heavy atom. The van der Waals surface area contributed by atoms with E-state index < -0.39 is 0 Å². The Hall–Kier alpha value is -0.530. The summed E-state index contributed by atoms with van der Waals surface area (Å²) in [6, 6.07) is 0.430. The highest BCUT2D eigenvalue weighted by atomic mass is 16.1. The minimum Gasteiger partial charge on any atom is -0.355 e. The largest absolute Gasteiger partial charge is 0.355 e. The first-order valence-corrected chi connectivity index (χ1v) is 6.77. The molecule has 1 N–H and O–H groups in total. The summed E-state index contributed by atoms with van der Waals surface area (Å²) in [5, 5.41) is 3.07. The summed E-state index contributed by atoms with van der Waals surface area (Å²) in [5.74, 6) is 2.29. The quantitative estimate of drug-likeness (QED) is 0.732. The standard InChI is InChI=1S/C14H25NO/c1-4-14(3)7-11-5-10(2)13(15-9-16)12(6-11)8-14/h9-13H,4-8H2,1-3H3,(H,15,16). The molecule has 0 saturated heterocycles. The molecular weight excluding hydrogens is 198 g/mol. The van der Waals surface area contributed by atoms with E-state index in [0.29, 0.717) is 17.4 Å². The van der Waals surface area contributed by atoms with Crippen LogP contribution in [0.25, 0.3) is 0 Å². The van der Waals surface area contributed by atoms with Crippen LogP contribution < -0.4 is 5.32 Å². The summed E-state index contributed by atoms with van der Waals surface area (Å²) >= 11 is 0. The molecule has 2 aliphatic rings. The highest BCUT2D eigenvalue weighted by molar-refractivity contribution is 5.47. The SMILES string of the molecule is CCC1(C)CC2CC(C)C(NC=O)C(C2)C1. The van der Waals surface area contributed by atoms with E-state index in [2.05, 4.69) is 26.1 Å². The van der Waals surface area contributed by atoms with E-state index in [9.17, 15) is 4.79 Å². The lowest BCUT2D eigenvalue weighted by molar-refractivity contribution is -0.112. The number of nitrogens with one attached hydrogen (secondary N) is 1. The molecule has 0 aromatic rings. The first-order valence-electron chi connectivity index (χ1n) is 6.77. The topological polar surface area (TPSA) is 29.1 Å². The van der Waals surface area contributed by atoms with Gasteiger partial charge in [-0.2, -0.15) is 0 Å². The molecule has 2 saturated carbocycles. The minimum absolute atomic E-state index is 0.430. The summed E-state index contributed by atoms with van der Waals surface area (Å²) in [6.07, 6.45) is 7.53. The van der Waals surface area contributed by atoms with Crippen molar-refractivity contribution in [3.63, 3.8) is 0 Å². The van der Waals surface area contributed by atoms with Crippen molar-refractivity contribution < 1.29 is 4.79 Å². The second-order valence-corrected chi connectivity index (χ2v) is 6.46. The molecule has 0 aliphatic heterocycles. The van der Waals surface area contributed by atoms with Crippen LogP contribution in [0.3, 0.4) is 0 Å². The molecule has 2 nitrogen and oxygen atoms in total. The second-order valence-electron chi connectivity index (χ2n) is 6.46. The molecule has 2 rings (SSSR count). The maximum Gasteiger partial charge on any atom is 0.207 e. The van der Waals surface area contributed by atoms with Crippen LogP contribution in [0.5, 0.6) is 0 Å². The van der Waals surface area contributed by atoms with Gasteiger partial charge in [-0.3, -0.25) is 4.79 Å². The fourth-order valence-electron chi connectivity index (χ4n) is 4.27. The lowest BCUT2D eigenvalue weighted by Crippen LogP contribution is -2.50. The lowest BCUT2D eigenvalue weighted by atomic mass is 9.57. The van der Waals surface area contributed by atoms with E-state index in [-0.39, 0.29) is 0 Å².